The van der Waals surface area contributed by atoms with Crippen molar-refractivity contribution in [1.29, 1.82) is 0 Å². The van der Waals surface area contributed by atoms with Crippen LogP contribution < -0.4 is 10.6 Å². The molecule has 2 aromatic rings. The topological polar surface area (TPSA) is 89.5 Å². The Balaban J connectivity index is 1.73. The fourth-order valence-electron chi connectivity index (χ4n) is 2.31. The van der Waals surface area contributed by atoms with Crippen LogP contribution in [0.25, 0.3) is 0 Å². The van der Waals surface area contributed by atoms with Crippen LogP contribution in [-0.2, 0) is 16.1 Å². The van der Waals surface area contributed by atoms with Gasteiger partial charge in [-0.25, -0.2) is 0 Å². The largest absolute Gasteiger partial charge is 0.385 e. The second kappa shape index (κ2) is 11.8. The van der Waals surface area contributed by atoms with Gasteiger partial charge in [-0.15, -0.1) is 0 Å². The first-order valence-corrected chi connectivity index (χ1v) is 8.84. The molecule has 1 heterocycles. The third-order valence-corrected chi connectivity index (χ3v) is 3.71. The van der Waals surface area contributed by atoms with E-state index in [1.54, 1.807) is 13.2 Å². The molecule has 2 rings (SSSR count). The van der Waals surface area contributed by atoms with Gasteiger partial charge in [-0.05, 0) is 24.1 Å². The van der Waals surface area contributed by atoms with Crippen LogP contribution in [0.2, 0.25) is 0 Å². The van der Waals surface area contributed by atoms with Crippen molar-refractivity contribution in [2.75, 3.05) is 33.4 Å². The van der Waals surface area contributed by atoms with Crippen LogP contribution in [0.15, 0.2) is 48.7 Å². The lowest BCUT2D eigenvalue weighted by molar-refractivity contribution is 0.0900. The molecule has 27 heavy (non-hydrogen) atoms. The molecular weight excluding hydrogens is 346 g/mol. The van der Waals surface area contributed by atoms with E-state index in [1.807, 2.05) is 30.3 Å². The smallest absolute Gasteiger partial charge is 0.269 e. The van der Waals surface area contributed by atoms with E-state index in [0.29, 0.717) is 44.9 Å². The molecule has 0 saturated carbocycles. The van der Waals surface area contributed by atoms with Gasteiger partial charge >= 0.3 is 0 Å². The van der Waals surface area contributed by atoms with Gasteiger partial charge in [0.05, 0.1) is 13.2 Å². The standard InChI is InChI=1S/C20H25N3O4/c1-26-12-5-9-22-20(25)18-14-17(8-10-21-18)19(24)23-11-13-27-15-16-6-3-2-4-7-16/h2-4,6-8,10,14H,5,9,11-13,15H2,1H3,(H,22,25)(H,23,24). The lowest BCUT2D eigenvalue weighted by Crippen LogP contribution is -2.29. The van der Waals surface area contributed by atoms with Crippen LogP contribution in [0.1, 0.15) is 32.8 Å². The fourth-order valence-corrected chi connectivity index (χ4v) is 2.31. The lowest BCUT2D eigenvalue weighted by atomic mass is 10.2. The molecule has 2 amide bonds. The van der Waals surface area contributed by atoms with Crippen molar-refractivity contribution >= 4 is 11.8 Å². The summed E-state index contributed by atoms with van der Waals surface area (Å²) in [5.74, 6) is -0.582. The SMILES string of the molecule is COCCCNC(=O)c1cc(C(=O)NCCOCc2ccccc2)ccn1. The van der Waals surface area contributed by atoms with E-state index in [1.165, 1.54) is 12.3 Å². The van der Waals surface area contributed by atoms with E-state index in [9.17, 15) is 9.59 Å². The number of nitrogens with one attached hydrogen (secondary N) is 2. The third-order valence-electron chi connectivity index (χ3n) is 3.71. The third kappa shape index (κ3) is 7.55. The van der Waals surface area contributed by atoms with Crippen molar-refractivity contribution in [2.24, 2.45) is 0 Å². The Morgan fingerprint density at radius 2 is 1.78 bits per heavy atom. The van der Waals surface area contributed by atoms with Gasteiger partial charge in [0.15, 0.2) is 0 Å². The van der Waals surface area contributed by atoms with Crippen molar-refractivity contribution in [1.82, 2.24) is 15.6 Å². The Morgan fingerprint density at radius 3 is 2.56 bits per heavy atom. The molecule has 7 nitrogen and oxygen atoms in total. The molecular formula is C20H25N3O4. The normalized spacial score (nSPS) is 10.4. The van der Waals surface area contributed by atoms with Crippen LogP contribution in [0, 0.1) is 0 Å². The lowest BCUT2D eigenvalue weighted by Gasteiger charge is -2.08. The number of nitrogens with zero attached hydrogens (tertiary/aromatic N) is 1. The number of carbonyl (C=O) groups excluding carboxylic acids is 2. The Bertz CT molecular complexity index is 722. The first-order chi connectivity index (χ1) is 13.2. The van der Waals surface area contributed by atoms with E-state index in [-0.39, 0.29) is 17.5 Å². The van der Waals surface area contributed by atoms with Gasteiger partial charge in [0.25, 0.3) is 11.8 Å². The highest BCUT2D eigenvalue weighted by Crippen LogP contribution is 2.03. The number of rotatable bonds is 11. The molecule has 7 heteroatoms. The quantitative estimate of drug-likeness (QED) is 0.588. The average Bonchev–Trinajstić information content (AvgIpc) is 2.71. The maximum Gasteiger partial charge on any atom is 0.269 e. The predicted molar refractivity (Wildman–Crippen MR) is 101 cm³/mol. The number of pyridine rings is 1. The molecule has 0 unspecified atom stereocenters. The number of amides is 2. The van der Waals surface area contributed by atoms with Crippen molar-refractivity contribution in [2.45, 2.75) is 13.0 Å². The van der Waals surface area contributed by atoms with Gasteiger partial charge in [-0.1, -0.05) is 30.3 Å². The maximum absolute atomic E-state index is 12.2. The fraction of sp³-hybridized carbons (Fsp3) is 0.350. The molecule has 144 valence electrons. The second-order valence-corrected chi connectivity index (χ2v) is 5.83. The summed E-state index contributed by atoms with van der Waals surface area (Å²) >= 11 is 0. The molecule has 0 fully saturated rings. The van der Waals surface area contributed by atoms with Crippen LogP contribution in [-0.4, -0.2) is 50.2 Å². The van der Waals surface area contributed by atoms with Gasteiger partial charge < -0.3 is 20.1 Å². The molecule has 2 N–H and O–H groups in total. The summed E-state index contributed by atoms with van der Waals surface area (Å²) in [4.78, 5) is 28.3. The zero-order valence-electron chi connectivity index (χ0n) is 15.4. The first-order valence-electron chi connectivity index (χ1n) is 8.84. The van der Waals surface area contributed by atoms with Gasteiger partial charge in [0.1, 0.15) is 5.69 Å². The summed E-state index contributed by atoms with van der Waals surface area (Å²) in [6, 6.07) is 12.9. The molecule has 0 aliphatic rings. The van der Waals surface area contributed by atoms with Crippen LogP contribution in [0.5, 0.6) is 0 Å². The minimum absolute atomic E-state index is 0.209. The minimum Gasteiger partial charge on any atom is -0.385 e. The minimum atomic E-state index is -0.313. The Morgan fingerprint density at radius 1 is 1.00 bits per heavy atom. The van der Waals surface area contributed by atoms with E-state index in [2.05, 4.69) is 15.6 Å². The highest BCUT2D eigenvalue weighted by molar-refractivity contribution is 5.98. The van der Waals surface area contributed by atoms with Crippen LogP contribution >= 0.6 is 0 Å². The average molecular weight is 371 g/mol. The number of hydrogen-bond donors (Lipinski definition) is 2. The molecule has 1 aromatic carbocycles. The molecule has 0 saturated heterocycles. The van der Waals surface area contributed by atoms with Gasteiger partial charge in [-0.3, -0.25) is 14.6 Å². The number of benzene rings is 1. The monoisotopic (exact) mass is 371 g/mol. The number of methoxy groups -OCH3 is 1. The molecule has 0 spiro atoms. The number of carbonyl (C=O) groups is 2. The summed E-state index contributed by atoms with van der Waals surface area (Å²) in [6.45, 7) is 2.34. The zero-order valence-corrected chi connectivity index (χ0v) is 15.4. The highest BCUT2D eigenvalue weighted by Gasteiger charge is 2.11. The molecule has 0 aliphatic heterocycles. The van der Waals surface area contributed by atoms with Crippen molar-refractivity contribution in [3.05, 3.63) is 65.5 Å². The summed E-state index contributed by atoms with van der Waals surface area (Å²) in [6.07, 6.45) is 2.16. The molecule has 1 aromatic heterocycles. The van der Waals surface area contributed by atoms with Gasteiger partial charge in [0, 0.05) is 38.6 Å². The van der Waals surface area contributed by atoms with Gasteiger partial charge in [0.2, 0.25) is 0 Å². The highest BCUT2D eigenvalue weighted by atomic mass is 16.5. The summed E-state index contributed by atoms with van der Waals surface area (Å²) in [7, 11) is 1.61. The van der Waals surface area contributed by atoms with E-state index >= 15 is 0 Å². The zero-order chi connectivity index (χ0) is 19.3. The Kier molecular flexibility index (Phi) is 8.95. The number of hydrogen-bond acceptors (Lipinski definition) is 5. The predicted octanol–water partition coefficient (Wildman–Crippen LogP) is 1.79. The molecule has 0 bridgehead atoms. The van der Waals surface area contributed by atoms with E-state index in [0.717, 1.165) is 5.56 Å². The van der Waals surface area contributed by atoms with E-state index in [4.69, 9.17) is 9.47 Å². The molecule has 0 radical (unpaired) electrons. The van der Waals surface area contributed by atoms with Crippen molar-refractivity contribution in [3.63, 3.8) is 0 Å². The second-order valence-electron chi connectivity index (χ2n) is 5.83. The molecule has 0 aliphatic carbocycles. The summed E-state index contributed by atoms with van der Waals surface area (Å²) in [5.41, 5.74) is 1.68. The van der Waals surface area contributed by atoms with Crippen molar-refractivity contribution in [3.8, 4) is 0 Å². The maximum atomic E-state index is 12.2. The van der Waals surface area contributed by atoms with Crippen LogP contribution in [0.3, 0.4) is 0 Å². The van der Waals surface area contributed by atoms with E-state index < -0.39 is 0 Å². The summed E-state index contributed by atoms with van der Waals surface area (Å²) < 4.78 is 10.5. The van der Waals surface area contributed by atoms with Crippen LogP contribution in [0.4, 0.5) is 0 Å². The van der Waals surface area contributed by atoms with Gasteiger partial charge in [-0.2, -0.15) is 0 Å². The Labute approximate surface area is 159 Å². The summed E-state index contributed by atoms with van der Waals surface area (Å²) in [5, 5.41) is 5.51. The number of aromatic nitrogens is 1. The number of ether oxygens (including phenoxy) is 2. The Hall–Kier alpha value is -2.77. The molecule has 0 atom stereocenters. The van der Waals surface area contributed by atoms with Crippen molar-refractivity contribution < 1.29 is 19.1 Å². The first kappa shape index (κ1) is 20.5.